The average molecular weight is 1040 g/mol. The van der Waals surface area contributed by atoms with Gasteiger partial charge in [0, 0.05) is 19.0 Å². The van der Waals surface area contributed by atoms with E-state index in [1.54, 1.807) is 0 Å². The standard InChI is InChI=1S/C50H83N3O16P2/c1-3-5-7-8-9-10-11-12-13-14-15-16-17-18-22-25-29-33-45(54)63-37-40(66-46(55)34-30-26-23-20-19-21-24-28-32-42-41(67-42)31-27-6-4-2)38-64-70(59,60)69-71(61,62)65-39-43-47(56)48(57)49(68-43)53-36-35-44(51)52-50(53)58/h9-10,12-13,15-16,24,28,35-36,40-43,47-49,56-57H,3-8,11,14,17-23,25-27,29-34,37-39H2,1-2H3,(H,59,60)(H,61,62)(H2,51,52,58)/b10-9-,13-12-,16-15-,28-24-/t40-,41?,42?,43-,47-,48-,49-/m1/s1. The van der Waals surface area contributed by atoms with E-state index in [1.165, 1.54) is 44.6 Å². The number of carbonyl (C=O) groups is 2. The Labute approximate surface area is 420 Å². The first kappa shape index (κ1) is 62.0. The number of hydrogen-bond donors (Lipinski definition) is 5. The topological polar surface area (TPSA) is 278 Å². The minimum atomic E-state index is -5.44. The van der Waals surface area contributed by atoms with Gasteiger partial charge in [0.05, 0.1) is 25.4 Å². The van der Waals surface area contributed by atoms with Crippen molar-refractivity contribution in [3.63, 3.8) is 0 Å². The Morgan fingerprint density at radius 2 is 1.27 bits per heavy atom. The van der Waals surface area contributed by atoms with E-state index < -0.39 is 83.7 Å². The molecule has 2 fully saturated rings. The highest BCUT2D eigenvalue weighted by Crippen LogP contribution is 2.60. The first-order chi connectivity index (χ1) is 34.1. The molecule has 0 radical (unpaired) electrons. The quantitative estimate of drug-likeness (QED) is 0.0134. The molecule has 2 aliphatic rings. The SMILES string of the molecule is CCCCC/C=C\C/C=C\C/C=C\CCCCCCC(=O)OC[C@H](COP(=O)(O)OP(=O)(O)OC[C@H]1O[C@@H](n2ccc(N)nc2=O)[C@H](O)[C@@H]1O)OC(=O)CCCCCCC/C=C\CC1OC1CCCCC. The number of esters is 2. The van der Waals surface area contributed by atoms with Crippen LogP contribution in [0.4, 0.5) is 5.82 Å². The van der Waals surface area contributed by atoms with Crippen LogP contribution in [-0.2, 0) is 51.0 Å². The number of nitrogen functional groups attached to an aromatic ring is 1. The van der Waals surface area contributed by atoms with Crippen molar-refractivity contribution in [3.05, 3.63) is 71.4 Å². The lowest BCUT2D eigenvalue weighted by atomic mass is 10.1. The number of phosphoric acid groups is 2. The number of nitrogens with two attached hydrogens (primary N) is 1. The molecule has 19 nitrogen and oxygen atoms in total. The number of epoxide rings is 1. The van der Waals surface area contributed by atoms with Gasteiger partial charge in [0.2, 0.25) is 0 Å². The molecule has 1 aromatic heterocycles. The summed E-state index contributed by atoms with van der Waals surface area (Å²) in [5.74, 6) is -1.35. The smallest absolute Gasteiger partial charge is 0.462 e. The molecule has 71 heavy (non-hydrogen) atoms. The Morgan fingerprint density at radius 1 is 0.704 bits per heavy atom. The van der Waals surface area contributed by atoms with E-state index in [-0.39, 0.29) is 18.7 Å². The van der Waals surface area contributed by atoms with Gasteiger partial charge in [0.25, 0.3) is 0 Å². The molecule has 4 unspecified atom stereocenters. The van der Waals surface area contributed by atoms with E-state index >= 15 is 0 Å². The zero-order valence-corrected chi connectivity index (χ0v) is 43.7. The molecule has 0 bridgehead atoms. The first-order valence-corrected chi connectivity index (χ1v) is 28.8. The third-order valence-electron chi connectivity index (χ3n) is 11.8. The van der Waals surface area contributed by atoms with E-state index in [0.29, 0.717) is 25.0 Å². The Balaban J connectivity index is 1.40. The molecule has 0 amide bonds. The Kier molecular flexibility index (Phi) is 31.2. The fourth-order valence-electron chi connectivity index (χ4n) is 7.68. The van der Waals surface area contributed by atoms with Crippen LogP contribution in [0.15, 0.2) is 65.7 Å². The lowest BCUT2D eigenvalue weighted by Gasteiger charge is -2.21. The molecule has 0 spiro atoms. The molecule has 21 heteroatoms. The van der Waals surface area contributed by atoms with E-state index in [0.717, 1.165) is 101 Å². The second-order valence-corrected chi connectivity index (χ2v) is 21.1. The van der Waals surface area contributed by atoms with Crippen LogP contribution in [0.2, 0.25) is 0 Å². The van der Waals surface area contributed by atoms with Gasteiger partial charge < -0.3 is 44.7 Å². The summed E-state index contributed by atoms with van der Waals surface area (Å²) in [7, 11) is -10.9. The highest BCUT2D eigenvalue weighted by Gasteiger charge is 2.46. The summed E-state index contributed by atoms with van der Waals surface area (Å²) < 4.78 is 62.5. The van der Waals surface area contributed by atoms with Gasteiger partial charge in [0.1, 0.15) is 30.7 Å². The normalized spacial score (nSPS) is 22.4. The second-order valence-electron chi connectivity index (χ2n) is 18.1. The Hall–Kier alpha value is -3.32. The van der Waals surface area contributed by atoms with Crippen molar-refractivity contribution in [3.8, 4) is 0 Å². The lowest BCUT2D eigenvalue weighted by Crippen LogP contribution is -2.36. The molecule has 404 valence electrons. The molecule has 2 saturated heterocycles. The third-order valence-corrected chi connectivity index (χ3v) is 14.4. The zero-order valence-electron chi connectivity index (χ0n) is 42.0. The van der Waals surface area contributed by atoms with Crippen LogP contribution in [-0.4, -0.2) is 97.9 Å². The molecule has 0 saturated carbocycles. The number of ether oxygens (including phenoxy) is 4. The molecule has 3 heterocycles. The van der Waals surface area contributed by atoms with Crippen molar-refractivity contribution in [1.29, 1.82) is 0 Å². The van der Waals surface area contributed by atoms with Gasteiger partial charge in [-0.05, 0) is 83.1 Å². The molecule has 9 atom stereocenters. The molecule has 1 aromatic rings. The number of hydrogen-bond acceptors (Lipinski definition) is 16. The summed E-state index contributed by atoms with van der Waals surface area (Å²) >= 11 is 0. The summed E-state index contributed by atoms with van der Waals surface area (Å²) in [5.41, 5.74) is 4.59. The predicted octanol–water partition coefficient (Wildman–Crippen LogP) is 9.54. The van der Waals surface area contributed by atoms with Crippen molar-refractivity contribution in [2.45, 2.75) is 211 Å². The number of allylic oxidation sites excluding steroid dienone is 7. The maximum atomic E-state index is 12.9. The number of rotatable bonds is 41. The fourth-order valence-corrected chi connectivity index (χ4v) is 9.79. The highest BCUT2D eigenvalue weighted by atomic mass is 31.3. The lowest BCUT2D eigenvalue weighted by molar-refractivity contribution is -0.161. The predicted molar refractivity (Wildman–Crippen MR) is 270 cm³/mol. The van der Waals surface area contributed by atoms with Crippen LogP contribution in [0.3, 0.4) is 0 Å². The van der Waals surface area contributed by atoms with Crippen LogP contribution in [0.5, 0.6) is 0 Å². The Morgan fingerprint density at radius 3 is 1.92 bits per heavy atom. The van der Waals surface area contributed by atoms with E-state index in [9.17, 15) is 43.5 Å². The van der Waals surface area contributed by atoms with Gasteiger partial charge in [0.15, 0.2) is 12.3 Å². The summed E-state index contributed by atoms with van der Waals surface area (Å²) in [6.07, 6.45) is 33.5. The van der Waals surface area contributed by atoms with E-state index in [1.807, 2.05) is 0 Å². The van der Waals surface area contributed by atoms with Crippen molar-refractivity contribution in [1.82, 2.24) is 9.55 Å². The number of aliphatic hydroxyl groups excluding tert-OH is 2. The number of phosphoric ester groups is 2. The van der Waals surface area contributed by atoms with Gasteiger partial charge in [-0.1, -0.05) is 127 Å². The number of unbranched alkanes of at least 4 members (excludes halogenated alkanes) is 14. The van der Waals surface area contributed by atoms with Crippen LogP contribution >= 0.6 is 15.6 Å². The number of nitrogens with zero attached hydrogens (tertiary/aromatic N) is 2. The number of carbonyl (C=O) groups excluding carboxylic acids is 2. The largest absolute Gasteiger partial charge is 0.481 e. The molecular formula is C50H83N3O16P2. The van der Waals surface area contributed by atoms with Crippen LogP contribution in [0.25, 0.3) is 0 Å². The molecule has 3 rings (SSSR count). The van der Waals surface area contributed by atoms with Gasteiger partial charge in [-0.2, -0.15) is 9.29 Å². The first-order valence-electron chi connectivity index (χ1n) is 25.8. The maximum Gasteiger partial charge on any atom is 0.481 e. The summed E-state index contributed by atoms with van der Waals surface area (Å²) in [5, 5.41) is 20.9. The number of aliphatic hydroxyl groups is 2. The molecule has 6 N–H and O–H groups in total. The Bertz CT molecular complexity index is 1950. The summed E-state index contributed by atoms with van der Waals surface area (Å²) in [4.78, 5) is 62.0. The summed E-state index contributed by atoms with van der Waals surface area (Å²) in [6, 6.07) is 1.24. The van der Waals surface area contributed by atoms with Gasteiger partial charge >= 0.3 is 33.3 Å². The second kappa shape index (κ2) is 35.8. The molecule has 2 aliphatic heterocycles. The zero-order chi connectivity index (χ0) is 51.7. The van der Waals surface area contributed by atoms with Gasteiger partial charge in [-0.15, -0.1) is 0 Å². The highest BCUT2D eigenvalue weighted by molar-refractivity contribution is 7.61. The fraction of sp³-hybridized carbons (Fsp3) is 0.720. The minimum absolute atomic E-state index is 0.0228. The van der Waals surface area contributed by atoms with Gasteiger partial charge in [-0.25, -0.2) is 13.9 Å². The van der Waals surface area contributed by atoms with Crippen LogP contribution < -0.4 is 11.4 Å². The van der Waals surface area contributed by atoms with Crippen LogP contribution in [0, 0.1) is 0 Å². The monoisotopic (exact) mass is 1040 g/mol. The third kappa shape index (κ3) is 28.1. The number of aromatic nitrogens is 2. The van der Waals surface area contributed by atoms with Crippen LogP contribution in [0.1, 0.15) is 174 Å². The van der Waals surface area contributed by atoms with E-state index in [2.05, 4.69) is 71.8 Å². The van der Waals surface area contributed by atoms with E-state index in [4.69, 9.17) is 33.7 Å². The van der Waals surface area contributed by atoms with Crippen molar-refractivity contribution < 1.29 is 71.0 Å². The van der Waals surface area contributed by atoms with Crippen molar-refractivity contribution in [2.24, 2.45) is 0 Å². The van der Waals surface area contributed by atoms with Crippen molar-refractivity contribution >= 4 is 33.4 Å². The van der Waals surface area contributed by atoms with Gasteiger partial charge in [-0.3, -0.25) is 23.2 Å². The molecular weight excluding hydrogens is 961 g/mol. The molecule has 0 aromatic carbocycles. The average Bonchev–Trinajstić information content (AvgIpc) is 4.02. The summed E-state index contributed by atoms with van der Waals surface area (Å²) in [6.45, 7) is 2.06. The minimum Gasteiger partial charge on any atom is -0.462 e. The maximum absolute atomic E-state index is 12.9. The molecule has 0 aliphatic carbocycles. The van der Waals surface area contributed by atoms with Crippen molar-refractivity contribution in [2.75, 3.05) is 25.6 Å². The number of anilines is 1.